The maximum absolute atomic E-state index is 13.7. The molecule has 0 radical (unpaired) electrons. The number of nitrogens with zero attached hydrogens (tertiary/aromatic N) is 3. The average molecular weight is 610 g/mol. The number of piperidine rings is 1. The van der Waals surface area contributed by atoms with Gasteiger partial charge in [0.05, 0.1) is 29.2 Å². The molecule has 40 heavy (non-hydrogen) atoms. The quantitative estimate of drug-likeness (QED) is 0.503. The molecule has 10 heteroatoms. The number of hydrogen-bond donors (Lipinski definition) is 1. The summed E-state index contributed by atoms with van der Waals surface area (Å²) >= 11 is 12.6. The summed E-state index contributed by atoms with van der Waals surface area (Å²) in [5.41, 5.74) is 9.08. The highest BCUT2D eigenvalue weighted by atomic mass is 35.5. The van der Waals surface area contributed by atoms with E-state index in [9.17, 15) is 9.59 Å². The first-order valence-electron chi connectivity index (χ1n) is 14.0. The number of likely N-dealkylation sites (N-methyl/N-ethyl adjacent to an activating group) is 1. The molecule has 3 aliphatic rings. The Labute approximate surface area is 253 Å². The summed E-state index contributed by atoms with van der Waals surface area (Å²) in [4.78, 5) is 33.3. The highest BCUT2D eigenvalue weighted by Crippen LogP contribution is 2.36. The van der Waals surface area contributed by atoms with Crippen molar-refractivity contribution in [1.29, 1.82) is 0 Å². The monoisotopic (exact) mass is 608 g/mol. The van der Waals surface area contributed by atoms with Crippen molar-refractivity contribution in [3.8, 4) is 0 Å². The molecular formula is C30H39Cl3N4O3. The third kappa shape index (κ3) is 6.71. The molecule has 2 aliphatic heterocycles. The first-order chi connectivity index (χ1) is 18.8. The van der Waals surface area contributed by atoms with E-state index in [0.717, 1.165) is 50.0 Å². The van der Waals surface area contributed by atoms with Crippen molar-refractivity contribution in [2.75, 3.05) is 51.3 Å². The van der Waals surface area contributed by atoms with Gasteiger partial charge in [-0.3, -0.25) is 9.59 Å². The Morgan fingerprint density at radius 2 is 1.65 bits per heavy atom. The number of rotatable bonds is 5. The SMILES string of the molecule is CN(C(=O)c1ccc(N2CCOCC2)cc1)[C@@H]1CCN(C(=O)[C@H]2CCCC[C@H]2N)C[C@H]1c1ccc(Cl)c(Cl)c1.Cl. The molecule has 5 rings (SSSR count). The smallest absolute Gasteiger partial charge is 0.253 e. The Morgan fingerprint density at radius 3 is 2.33 bits per heavy atom. The lowest BCUT2D eigenvalue weighted by Crippen LogP contribution is -2.54. The molecule has 4 atom stereocenters. The van der Waals surface area contributed by atoms with Crippen molar-refractivity contribution in [3.05, 3.63) is 63.6 Å². The number of carbonyl (C=O) groups is 2. The van der Waals surface area contributed by atoms with Crippen LogP contribution in [0.4, 0.5) is 5.69 Å². The van der Waals surface area contributed by atoms with Crippen LogP contribution in [0.15, 0.2) is 42.5 Å². The zero-order valence-electron chi connectivity index (χ0n) is 22.9. The normalized spacial score (nSPS) is 25.2. The van der Waals surface area contributed by atoms with Crippen LogP contribution in [0.3, 0.4) is 0 Å². The van der Waals surface area contributed by atoms with E-state index in [0.29, 0.717) is 48.3 Å². The minimum Gasteiger partial charge on any atom is -0.378 e. The van der Waals surface area contributed by atoms with Crippen LogP contribution in [-0.2, 0) is 9.53 Å². The molecule has 0 spiro atoms. The van der Waals surface area contributed by atoms with Crippen molar-refractivity contribution in [2.24, 2.45) is 11.7 Å². The summed E-state index contributed by atoms with van der Waals surface area (Å²) < 4.78 is 5.46. The van der Waals surface area contributed by atoms with Gasteiger partial charge in [-0.2, -0.15) is 0 Å². The number of halogens is 3. The number of nitrogens with two attached hydrogens (primary N) is 1. The number of likely N-dealkylation sites (tertiary alicyclic amines) is 1. The fraction of sp³-hybridized carbons (Fsp3) is 0.533. The third-order valence-electron chi connectivity index (χ3n) is 8.70. The second-order valence-electron chi connectivity index (χ2n) is 11.0. The molecule has 2 heterocycles. The molecule has 1 aliphatic carbocycles. The van der Waals surface area contributed by atoms with Crippen LogP contribution in [0.1, 0.15) is 53.9 Å². The predicted molar refractivity (Wildman–Crippen MR) is 163 cm³/mol. The summed E-state index contributed by atoms with van der Waals surface area (Å²) in [6.07, 6.45) is 4.53. The largest absolute Gasteiger partial charge is 0.378 e. The van der Waals surface area contributed by atoms with Crippen molar-refractivity contribution in [2.45, 2.75) is 50.1 Å². The van der Waals surface area contributed by atoms with Gasteiger partial charge in [0.25, 0.3) is 5.91 Å². The van der Waals surface area contributed by atoms with E-state index in [4.69, 9.17) is 33.7 Å². The third-order valence-corrected chi connectivity index (χ3v) is 9.44. The Kier molecular flexibility index (Phi) is 10.6. The summed E-state index contributed by atoms with van der Waals surface area (Å²) in [5.74, 6) is -0.126. The molecule has 2 aromatic rings. The van der Waals surface area contributed by atoms with Gasteiger partial charge in [0.2, 0.25) is 5.91 Å². The van der Waals surface area contributed by atoms with Crippen molar-refractivity contribution in [3.63, 3.8) is 0 Å². The first-order valence-corrected chi connectivity index (χ1v) is 14.8. The second kappa shape index (κ2) is 13.8. The van der Waals surface area contributed by atoms with Gasteiger partial charge in [-0.15, -0.1) is 12.4 Å². The molecule has 7 nitrogen and oxygen atoms in total. The summed E-state index contributed by atoms with van der Waals surface area (Å²) in [7, 11) is 1.86. The van der Waals surface area contributed by atoms with Crippen molar-refractivity contribution < 1.29 is 14.3 Å². The fourth-order valence-electron chi connectivity index (χ4n) is 6.37. The van der Waals surface area contributed by atoms with E-state index < -0.39 is 0 Å². The zero-order chi connectivity index (χ0) is 27.5. The first kappa shape index (κ1) is 30.9. The van der Waals surface area contributed by atoms with Gasteiger partial charge in [-0.05, 0) is 61.2 Å². The van der Waals surface area contributed by atoms with E-state index in [2.05, 4.69) is 4.90 Å². The molecule has 2 amide bonds. The van der Waals surface area contributed by atoms with Crippen LogP contribution in [-0.4, -0.2) is 80.1 Å². The summed E-state index contributed by atoms with van der Waals surface area (Å²) in [5, 5.41) is 0.956. The topological polar surface area (TPSA) is 79.1 Å². The minimum atomic E-state index is -0.130. The molecule has 2 N–H and O–H groups in total. The number of anilines is 1. The van der Waals surface area contributed by atoms with E-state index in [1.165, 1.54) is 0 Å². The van der Waals surface area contributed by atoms with Crippen molar-refractivity contribution in [1.82, 2.24) is 9.80 Å². The van der Waals surface area contributed by atoms with Crippen LogP contribution >= 0.6 is 35.6 Å². The molecule has 2 saturated heterocycles. The lowest BCUT2D eigenvalue weighted by molar-refractivity contribution is -0.139. The van der Waals surface area contributed by atoms with Crippen LogP contribution in [0.2, 0.25) is 10.0 Å². The molecule has 1 saturated carbocycles. The number of amides is 2. The lowest BCUT2D eigenvalue weighted by Gasteiger charge is -2.44. The van der Waals surface area contributed by atoms with Gasteiger partial charge in [0.15, 0.2) is 0 Å². The highest BCUT2D eigenvalue weighted by molar-refractivity contribution is 6.42. The van der Waals surface area contributed by atoms with Gasteiger partial charge in [0, 0.05) is 62.5 Å². The Hall–Kier alpha value is -2.03. The standard InChI is InChI=1S/C30H38Cl2N4O3.ClH/c1-34(29(37)20-6-9-22(10-7-20)35-14-16-39-17-15-35)28-12-13-36(30(38)23-4-2-3-5-27(23)33)19-24(28)21-8-11-25(31)26(32)18-21;/h6-11,18,23-24,27-28H,2-5,12-17,19,33H2,1H3;1H/t23-,24-,27+,28+;/m0./s1. The van der Waals surface area contributed by atoms with Gasteiger partial charge in [-0.1, -0.05) is 42.1 Å². The molecule has 2 aromatic carbocycles. The highest BCUT2D eigenvalue weighted by Gasteiger charge is 2.40. The number of carbonyl (C=O) groups excluding carboxylic acids is 2. The van der Waals surface area contributed by atoms with Gasteiger partial charge >= 0.3 is 0 Å². The Morgan fingerprint density at radius 1 is 0.950 bits per heavy atom. The molecule has 0 bridgehead atoms. The van der Waals surface area contributed by atoms with Crippen molar-refractivity contribution >= 4 is 53.1 Å². The molecule has 3 fully saturated rings. The Balaban J connectivity index is 0.00000370. The maximum atomic E-state index is 13.7. The zero-order valence-corrected chi connectivity index (χ0v) is 25.3. The number of morpholine rings is 1. The van der Waals surface area contributed by atoms with E-state index in [-0.39, 0.29) is 48.1 Å². The number of benzene rings is 2. The summed E-state index contributed by atoms with van der Waals surface area (Å²) in [6, 6.07) is 13.3. The van der Waals surface area contributed by atoms with E-state index in [1.807, 2.05) is 53.2 Å². The number of hydrogen-bond acceptors (Lipinski definition) is 5. The maximum Gasteiger partial charge on any atom is 0.253 e. The lowest BCUT2D eigenvalue weighted by atomic mass is 9.81. The average Bonchev–Trinajstić information content (AvgIpc) is 2.98. The fourth-order valence-corrected chi connectivity index (χ4v) is 6.67. The number of ether oxygens (including phenoxy) is 1. The van der Waals surface area contributed by atoms with Gasteiger partial charge in [-0.25, -0.2) is 0 Å². The minimum absolute atomic E-state index is 0. The van der Waals surface area contributed by atoms with Crippen LogP contribution in [0, 0.1) is 5.92 Å². The molecular weight excluding hydrogens is 571 g/mol. The summed E-state index contributed by atoms with van der Waals surface area (Å²) in [6.45, 7) is 4.24. The predicted octanol–water partition coefficient (Wildman–Crippen LogP) is 5.23. The van der Waals surface area contributed by atoms with Crippen LogP contribution < -0.4 is 10.6 Å². The molecule has 0 unspecified atom stereocenters. The molecule has 0 aromatic heterocycles. The van der Waals surface area contributed by atoms with Gasteiger partial charge < -0.3 is 25.2 Å². The van der Waals surface area contributed by atoms with Crippen LogP contribution in [0.5, 0.6) is 0 Å². The van der Waals surface area contributed by atoms with Crippen LogP contribution in [0.25, 0.3) is 0 Å². The second-order valence-corrected chi connectivity index (χ2v) is 11.9. The van der Waals surface area contributed by atoms with E-state index in [1.54, 1.807) is 6.07 Å². The molecule has 218 valence electrons. The Bertz CT molecular complexity index is 1180. The van der Waals surface area contributed by atoms with Gasteiger partial charge in [0.1, 0.15) is 0 Å². The van der Waals surface area contributed by atoms with E-state index >= 15 is 0 Å².